The molecule has 0 fully saturated rings. The maximum absolute atomic E-state index is 10.9. The first kappa shape index (κ1) is 12.0. The number of hydrogen-bond donors (Lipinski definition) is 1. The summed E-state index contributed by atoms with van der Waals surface area (Å²) in [7, 11) is 0. The highest BCUT2D eigenvalue weighted by atomic mass is 35.5. The third-order valence-electron chi connectivity index (χ3n) is 2.09. The Morgan fingerprint density at radius 1 is 1.53 bits per heavy atom. The Balaban J connectivity index is 2.11. The fraction of sp³-hybridized carbons (Fsp3) is 0.0909. The van der Waals surface area contributed by atoms with Crippen molar-refractivity contribution in [1.29, 1.82) is 0 Å². The average Bonchev–Trinajstić information content (AvgIpc) is 2.80. The van der Waals surface area contributed by atoms with Gasteiger partial charge >= 0.3 is 5.97 Å². The number of hydrogen-bond acceptors (Lipinski definition) is 3. The lowest BCUT2D eigenvalue weighted by Gasteiger charge is -2.04. The highest BCUT2D eigenvalue weighted by Crippen LogP contribution is 2.25. The summed E-state index contributed by atoms with van der Waals surface area (Å²) in [4.78, 5) is 11.7. The number of carbonyl (C=O) groups is 1. The molecule has 6 heteroatoms. The molecule has 0 saturated heterocycles. The Morgan fingerprint density at radius 2 is 2.35 bits per heavy atom. The molecule has 0 radical (unpaired) electrons. The van der Waals surface area contributed by atoms with Crippen molar-refractivity contribution in [3.05, 3.63) is 47.2 Å². The van der Waals surface area contributed by atoms with Crippen LogP contribution < -0.4 is 0 Å². The molecule has 0 aliphatic heterocycles. The van der Waals surface area contributed by atoms with E-state index in [0.717, 1.165) is 4.90 Å². The van der Waals surface area contributed by atoms with Crippen molar-refractivity contribution >= 4 is 29.3 Å². The lowest BCUT2D eigenvalue weighted by Crippen LogP contribution is -1.98. The normalized spacial score (nSPS) is 10.4. The molecule has 0 atom stereocenters. The summed E-state index contributed by atoms with van der Waals surface area (Å²) in [6, 6.07) is 6.79. The third-order valence-corrected chi connectivity index (χ3v) is 3.40. The van der Waals surface area contributed by atoms with E-state index in [1.54, 1.807) is 29.1 Å². The third kappa shape index (κ3) is 3.01. The maximum atomic E-state index is 10.9. The van der Waals surface area contributed by atoms with Gasteiger partial charge in [-0.1, -0.05) is 11.6 Å². The summed E-state index contributed by atoms with van der Waals surface area (Å²) in [6.07, 6.45) is 3.55. The van der Waals surface area contributed by atoms with E-state index in [2.05, 4.69) is 5.10 Å². The second-order valence-electron chi connectivity index (χ2n) is 3.27. The van der Waals surface area contributed by atoms with Gasteiger partial charge in [-0.3, -0.25) is 4.68 Å². The molecule has 2 rings (SSSR count). The minimum Gasteiger partial charge on any atom is -0.478 e. The Hall–Kier alpha value is -1.46. The molecule has 0 aliphatic rings. The van der Waals surface area contributed by atoms with Crippen LogP contribution in [0.5, 0.6) is 0 Å². The molecule has 0 aliphatic carbocycles. The predicted molar refractivity (Wildman–Crippen MR) is 66.5 cm³/mol. The van der Waals surface area contributed by atoms with Crippen molar-refractivity contribution in [2.24, 2.45) is 0 Å². The summed E-state index contributed by atoms with van der Waals surface area (Å²) < 4.78 is 1.76. The van der Waals surface area contributed by atoms with E-state index in [9.17, 15) is 4.79 Å². The second kappa shape index (κ2) is 5.25. The van der Waals surface area contributed by atoms with Gasteiger partial charge < -0.3 is 5.11 Å². The molecule has 88 valence electrons. The van der Waals surface area contributed by atoms with Gasteiger partial charge in [0.1, 0.15) is 0 Å². The highest BCUT2D eigenvalue weighted by molar-refractivity contribution is 7.98. The summed E-state index contributed by atoms with van der Waals surface area (Å²) in [6.45, 7) is 0. The zero-order valence-corrected chi connectivity index (χ0v) is 10.3. The van der Waals surface area contributed by atoms with Crippen LogP contribution in [0.15, 0.2) is 41.6 Å². The fourth-order valence-corrected chi connectivity index (χ4v) is 2.27. The van der Waals surface area contributed by atoms with Crippen molar-refractivity contribution in [3.63, 3.8) is 0 Å². The van der Waals surface area contributed by atoms with Gasteiger partial charge in [0.2, 0.25) is 0 Å². The van der Waals surface area contributed by atoms with Crippen LogP contribution in [-0.2, 0) is 5.88 Å². The highest BCUT2D eigenvalue weighted by Gasteiger charge is 2.09. The zero-order valence-electron chi connectivity index (χ0n) is 8.71. The Bertz CT molecular complexity index is 528. The molecule has 1 aromatic heterocycles. The molecule has 0 saturated carbocycles. The van der Waals surface area contributed by atoms with Gasteiger partial charge in [-0.05, 0) is 24.3 Å². The number of carboxylic acids is 1. The molecule has 1 N–H and O–H groups in total. The van der Waals surface area contributed by atoms with Crippen LogP contribution in [0.4, 0.5) is 0 Å². The number of nitrogens with zero attached hydrogens (tertiary/aromatic N) is 2. The summed E-state index contributed by atoms with van der Waals surface area (Å²) in [5, 5.41) is 13.2. The number of aromatic nitrogens is 2. The smallest absolute Gasteiger partial charge is 0.337 e. The van der Waals surface area contributed by atoms with Crippen LogP contribution in [0.25, 0.3) is 0 Å². The molecule has 0 unspecified atom stereocenters. The number of benzene rings is 1. The van der Waals surface area contributed by atoms with Gasteiger partial charge in [-0.15, -0.1) is 11.8 Å². The number of carboxylic acid groups (broad SMARTS) is 1. The number of thioether (sulfide) groups is 1. The maximum Gasteiger partial charge on any atom is 0.337 e. The molecule has 0 amide bonds. The number of rotatable bonds is 4. The van der Waals surface area contributed by atoms with Gasteiger partial charge in [0.15, 0.2) is 0 Å². The topological polar surface area (TPSA) is 55.1 Å². The van der Waals surface area contributed by atoms with E-state index in [1.807, 2.05) is 12.3 Å². The molecule has 0 bridgehead atoms. The van der Waals surface area contributed by atoms with Gasteiger partial charge in [0, 0.05) is 17.3 Å². The second-order valence-corrected chi connectivity index (χ2v) is 4.69. The van der Waals surface area contributed by atoms with Crippen LogP contribution in [0.2, 0.25) is 5.02 Å². The number of aromatic carboxylic acids is 1. The van der Waals surface area contributed by atoms with Gasteiger partial charge in [-0.2, -0.15) is 5.10 Å². The van der Waals surface area contributed by atoms with Crippen LogP contribution in [0.1, 0.15) is 10.4 Å². The van der Waals surface area contributed by atoms with Crippen molar-refractivity contribution in [3.8, 4) is 0 Å². The van der Waals surface area contributed by atoms with Crippen molar-refractivity contribution in [2.45, 2.75) is 10.8 Å². The predicted octanol–water partition coefficient (Wildman–Crippen LogP) is 2.98. The van der Waals surface area contributed by atoms with Crippen LogP contribution in [-0.4, -0.2) is 20.9 Å². The van der Waals surface area contributed by atoms with E-state index in [-0.39, 0.29) is 10.6 Å². The molecule has 2 aromatic rings. The number of halogens is 1. The van der Waals surface area contributed by atoms with E-state index >= 15 is 0 Å². The Morgan fingerprint density at radius 3 is 3.00 bits per heavy atom. The first-order valence-electron chi connectivity index (χ1n) is 4.80. The van der Waals surface area contributed by atoms with Gasteiger partial charge in [-0.25, -0.2) is 4.79 Å². The van der Waals surface area contributed by atoms with Crippen molar-refractivity contribution in [1.82, 2.24) is 9.78 Å². The van der Waals surface area contributed by atoms with Gasteiger partial charge in [0.05, 0.1) is 16.5 Å². The lowest BCUT2D eigenvalue weighted by molar-refractivity contribution is 0.0697. The zero-order chi connectivity index (χ0) is 12.3. The summed E-state index contributed by atoms with van der Waals surface area (Å²) in [5.74, 6) is -0.384. The Labute approximate surface area is 107 Å². The van der Waals surface area contributed by atoms with E-state index in [0.29, 0.717) is 5.88 Å². The molecular weight excluding hydrogens is 260 g/mol. The Kier molecular flexibility index (Phi) is 3.71. The molecule has 17 heavy (non-hydrogen) atoms. The SMILES string of the molecule is O=C(O)c1cc(SCn2cccn2)ccc1Cl. The first-order valence-corrected chi connectivity index (χ1v) is 6.16. The average molecular weight is 269 g/mol. The largest absolute Gasteiger partial charge is 0.478 e. The van der Waals surface area contributed by atoms with Gasteiger partial charge in [0.25, 0.3) is 0 Å². The van der Waals surface area contributed by atoms with E-state index in [4.69, 9.17) is 16.7 Å². The van der Waals surface area contributed by atoms with Crippen LogP contribution in [0.3, 0.4) is 0 Å². The molecule has 1 heterocycles. The fourth-order valence-electron chi connectivity index (χ4n) is 1.28. The first-order chi connectivity index (χ1) is 8.16. The van der Waals surface area contributed by atoms with Crippen molar-refractivity contribution in [2.75, 3.05) is 0 Å². The van der Waals surface area contributed by atoms with Crippen LogP contribution in [0, 0.1) is 0 Å². The van der Waals surface area contributed by atoms with E-state index < -0.39 is 5.97 Å². The van der Waals surface area contributed by atoms with Crippen LogP contribution >= 0.6 is 23.4 Å². The summed E-state index contributed by atoms with van der Waals surface area (Å²) >= 11 is 7.28. The molecule has 0 spiro atoms. The van der Waals surface area contributed by atoms with Crippen molar-refractivity contribution < 1.29 is 9.90 Å². The summed E-state index contributed by atoms with van der Waals surface area (Å²) in [5.41, 5.74) is 0.122. The monoisotopic (exact) mass is 268 g/mol. The minimum atomic E-state index is -1.02. The lowest BCUT2D eigenvalue weighted by atomic mass is 10.2. The van der Waals surface area contributed by atoms with E-state index in [1.165, 1.54) is 11.8 Å². The standard InChI is InChI=1S/C11H9ClN2O2S/c12-10-3-2-8(6-9(10)11(15)16)17-7-14-5-1-4-13-14/h1-6H,7H2,(H,15,16). The quantitative estimate of drug-likeness (QED) is 0.866. The molecule has 4 nitrogen and oxygen atoms in total. The molecule has 1 aromatic carbocycles. The molecular formula is C11H9ClN2O2S. The minimum absolute atomic E-state index is 0.122.